The molecule has 1 aromatic carbocycles. The zero-order chi connectivity index (χ0) is 12.6. The summed E-state index contributed by atoms with van der Waals surface area (Å²) >= 11 is 0. The van der Waals surface area contributed by atoms with Crippen molar-refractivity contribution < 1.29 is 4.74 Å². The lowest BCUT2D eigenvalue weighted by Gasteiger charge is -2.09. The molecule has 3 N–H and O–H groups in total. The minimum absolute atomic E-state index is 0.633. The van der Waals surface area contributed by atoms with E-state index in [0.717, 1.165) is 24.5 Å². The van der Waals surface area contributed by atoms with E-state index < -0.39 is 0 Å². The van der Waals surface area contributed by atoms with Gasteiger partial charge in [-0.1, -0.05) is 18.2 Å². The summed E-state index contributed by atoms with van der Waals surface area (Å²) in [5.41, 5.74) is 6.45. The number of pyridine rings is 1. The van der Waals surface area contributed by atoms with Gasteiger partial charge in [-0.15, -0.1) is 0 Å². The van der Waals surface area contributed by atoms with Gasteiger partial charge in [0, 0.05) is 12.7 Å². The zero-order valence-corrected chi connectivity index (χ0v) is 10.2. The Labute approximate surface area is 107 Å². The number of nitrogen functional groups attached to an aromatic ring is 1. The second-order valence-corrected chi connectivity index (χ2v) is 3.88. The van der Waals surface area contributed by atoms with Crippen LogP contribution in [0.15, 0.2) is 48.7 Å². The minimum Gasteiger partial charge on any atom is -0.491 e. The van der Waals surface area contributed by atoms with Crippen LogP contribution >= 0.6 is 0 Å². The van der Waals surface area contributed by atoms with Gasteiger partial charge in [-0.3, -0.25) is 0 Å². The molecule has 2 aromatic rings. The van der Waals surface area contributed by atoms with Crippen molar-refractivity contribution in [2.75, 3.05) is 24.2 Å². The summed E-state index contributed by atoms with van der Waals surface area (Å²) < 4.78 is 5.59. The van der Waals surface area contributed by atoms with E-state index in [9.17, 15) is 0 Å². The third kappa shape index (κ3) is 3.66. The molecule has 0 atom stereocenters. The van der Waals surface area contributed by atoms with Crippen molar-refractivity contribution in [2.24, 2.45) is 0 Å². The monoisotopic (exact) mass is 243 g/mol. The molecule has 1 aromatic heterocycles. The molecule has 0 aliphatic heterocycles. The number of hydrogen-bond donors (Lipinski definition) is 2. The molecule has 94 valence electrons. The molecule has 4 nitrogen and oxygen atoms in total. The van der Waals surface area contributed by atoms with Gasteiger partial charge in [0.1, 0.15) is 11.6 Å². The molecule has 0 spiro atoms. The maximum atomic E-state index is 5.78. The van der Waals surface area contributed by atoms with Crippen molar-refractivity contribution in [3.63, 3.8) is 0 Å². The summed E-state index contributed by atoms with van der Waals surface area (Å²) in [4.78, 5) is 4.18. The van der Waals surface area contributed by atoms with Gasteiger partial charge < -0.3 is 15.8 Å². The van der Waals surface area contributed by atoms with Gasteiger partial charge in [-0.05, 0) is 30.7 Å². The second kappa shape index (κ2) is 6.49. The van der Waals surface area contributed by atoms with Crippen molar-refractivity contribution in [3.05, 3.63) is 48.7 Å². The molecule has 18 heavy (non-hydrogen) atoms. The van der Waals surface area contributed by atoms with Crippen LogP contribution < -0.4 is 15.8 Å². The van der Waals surface area contributed by atoms with Crippen molar-refractivity contribution >= 4 is 11.5 Å². The van der Waals surface area contributed by atoms with Gasteiger partial charge >= 0.3 is 0 Å². The SMILES string of the molecule is Nc1ccccc1OCCCNc1ccccn1. The first-order valence-electron chi connectivity index (χ1n) is 5.98. The van der Waals surface area contributed by atoms with E-state index in [1.807, 2.05) is 42.5 Å². The summed E-state index contributed by atoms with van der Waals surface area (Å²) in [6.45, 7) is 1.46. The normalized spacial score (nSPS) is 10.0. The first-order chi connectivity index (χ1) is 8.86. The standard InChI is InChI=1S/C14H17N3O/c15-12-6-1-2-7-13(12)18-11-5-10-17-14-8-3-4-9-16-14/h1-4,6-9H,5,10-11,15H2,(H,16,17). The largest absolute Gasteiger partial charge is 0.491 e. The van der Waals surface area contributed by atoms with E-state index in [1.165, 1.54) is 0 Å². The fourth-order valence-electron chi connectivity index (χ4n) is 1.55. The van der Waals surface area contributed by atoms with E-state index in [1.54, 1.807) is 6.20 Å². The van der Waals surface area contributed by atoms with Crippen LogP contribution in [0.25, 0.3) is 0 Å². The molecule has 0 radical (unpaired) electrons. The minimum atomic E-state index is 0.633. The Morgan fingerprint density at radius 2 is 1.94 bits per heavy atom. The first-order valence-corrected chi connectivity index (χ1v) is 5.98. The number of hydrogen-bond acceptors (Lipinski definition) is 4. The Morgan fingerprint density at radius 1 is 1.11 bits per heavy atom. The Morgan fingerprint density at radius 3 is 2.72 bits per heavy atom. The van der Waals surface area contributed by atoms with Gasteiger partial charge in [0.2, 0.25) is 0 Å². The van der Waals surface area contributed by atoms with Crippen LogP contribution in [-0.4, -0.2) is 18.1 Å². The first kappa shape index (κ1) is 12.2. The van der Waals surface area contributed by atoms with Crippen LogP contribution in [-0.2, 0) is 0 Å². The van der Waals surface area contributed by atoms with E-state index >= 15 is 0 Å². The lowest BCUT2D eigenvalue weighted by molar-refractivity contribution is 0.316. The van der Waals surface area contributed by atoms with Crippen molar-refractivity contribution in [3.8, 4) is 5.75 Å². The number of nitrogens with two attached hydrogens (primary N) is 1. The Kier molecular flexibility index (Phi) is 4.41. The molecule has 0 saturated carbocycles. The van der Waals surface area contributed by atoms with Crippen LogP contribution in [0.3, 0.4) is 0 Å². The third-order valence-electron chi connectivity index (χ3n) is 2.47. The predicted molar refractivity (Wildman–Crippen MR) is 73.7 cm³/mol. The molecule has 4 heteroatoms. The lowest BCUT2D eigenvalue weighted by Crippen LogP contribution is -2.08. The fraction of sp³-hybridized carbons (Fsp3) is 0.214. The predicted octanol–water partition coefficient (Wildman–Crippen LogP) is 2.54. The average Bonchev–Trinajstić information content (AvgIpc) is 2.42. The van der Waals surface area contributed by atoms with Crippen molar-refractivity contribution in [1.29, 1.82) is 0 Å². The molecule has 0 unspecified atom stereocenters. The number of benzene rings is 1. The number of para-hydroxylation sites is 2. The number of aromatic nitrogens is 1. The maximum Gasteiger partial charge on any atom is 0.142 e. The quantitative estimate of drug-likeness (QED) is 0.604. The molecular weight excluding hydrogens is 226 g/mol. The van der Waals surface area contributed by atoms with Crippen LogP contribution in [0.5, 0.6) is 5.75 Å². The molecule has 0 aliphatic rings. The number of nitrogens with zero attached hydrogens (tertiary/aromatic N) is 1. The van der Waals surface area contributed by atoms with Crippen LogP contribution in [0.4, 0.5) is 11.5 Å². The molecule has 0 fully saturated rings. The molecular formula is C14H17N3O. The van der Waals surface area contributed by atoms with E-state index in [0.29, 0.717) is 12.3 Å². The summed E-state index contributed by atoms with van der Waals surface area (Å²) in [7, 11) is 0. The lowest BCUT2D eigenvalue weighted by atomic mass is 10.3. The number of rotatable bonds is 6. The highest BCUT2D eigenvalue weighted by molar-refractivity contribution is 5.51. The van der Waals surface area contributed by atoms with E-state index in [4.69, 9.17) is 10.5 Å². The van der Waals surface area contributed by atoms with Crippen LogP contribution in [0.1, 0.15) is 6.42 Å². The van der Waals surface area contributed by atoms with Gasteiger partial charge in [-0.2, -0.15) is 0 Å². The summed E-state index contributed by atoms with van der Waals surface area (Å²) in [5, 5.41) is 3.22. The molecule has 0 bridgehead atoms. The molecule has 2 rings (SSSR count). The topological polar surface area (TPSA) is 60.2 Å². The summed E-state index contributed by atoms with van der Waals surface area (Å²) in [6, 6.07) is 13.3. The second-order valence-electron chi connectivity index (χ2n) is 3.88. The zero-order valence-electron chi connectivity index (χ0n) is 10.2. The summed E-state index contributed by atoms with van der Waals surface area (Å²) in [5.74, 6) is 1.63. The Balaban J connectivity index is 1.66. The molecule has 1 heterocycles. The average molecular weight is 243 g/mol. The molecule has 0 amide bonds. The van der Waals surface area contributed by atoms with Gasteiger partial charge in [0.25, 0.3) is 0 Å². The highest BCUT2D eigenvalue weighted by atomic mass is 16.5. The smallest absolute Gasteiger partial charge is 0.142 e. The van der Waals surface area contributed by atoms with Crippen molar-refractivity contribution in [1.82, 2.24) is 4.98 Å². The van der Waals surface area contributed by atoms with Crippen LogP contribution in [0, 0.1) is 0 Å². The van der Waals surface area contributed by atoms with E-state index in [2.05, 4.69) is 10.3 Å². The highest BCUT2D eigenvalue weighted by Crippen LogP contribution is 2.19. The molecule has 0 aliphatic carbocycles. The van der Waals surface area contributed by atoms with E-state index in [-0.39, 0.29) is 0 Å². The number of ether oxygens (including phenoxy) is 1. The number of anilines is 2. The third-order valence-corrected chi connectivity index (χ3v) is 2.47. The highest BCUT2D eigenvalue weighted by Gasteiger charge is 1.97. The Bertz CT molecular complexity index is 473. The van der Waals surface area contributed by atoms with Gasteiger partial charge in [-0.25, -0.2) is 4.98 Å². The van der Waals surface area contributed by atoms with Gasteiger partial charge in [0.05, 0.1) is 12.3 Å². The van der Waals surface area contributed by atoms with Gasteiger partial charge in [0.15, 0.2) is 0 Å². The molecule has 0 saturated heterocycles. The van der Waals surface area contributed by atoms with Crippen molar-refractivity contribution in [2.45, 2.75) is 6.42 Å². The number of nitrogens with one attached hydrogen (secondary N) is 1. The maximum absolute atomic E-state index is 5.78. The fourth-order valence-corrected chi connectivity index (χ4v) is 1.55. The summed E-state index contributed by atoms with van der Waals surface area (Å²) in [6.07, 6.45) is 2.66. The Hall–Kier alpha value is -2.23. The van der Waals surface area contributed by atoms with Crippen LogP contribution in [0.2, 0.25) is 0 Å².